The number of ether oxygens (including phenoxy) is 2. The van der Waals surface area contributed by atoms with Gasteiger partial charge in [0.1, 0.15) is 12.7 Å². The molecule has 0 unspecified atom stereocenters. The number of nitriles is 1. The molecule has 0 saturated heterocycles. The van der Waals surface area contributed by atoms with Gasteiger partial charge in [-0.3, -0.25) is 0 Å². The van der Waals surface area contributed by atoms with E-state index in [9.17, 15) is 13.7 Å². The van der Waals surface area contributed by atoms with Crippen molar-refractivity contribution in [1.29, 1.82) is 5.26 Å². The smallest absolute Gasteiger partial charge is 0.208 e. The fourth-order valence-corrected chi connectivity index (χ4v) is 4.01. The second kappa shape index (κ2) is 7.94. The molecule has 3 rings (SSSR count). The molecule has 136 valence electrons. The van der Waals surface area contributed by atoms with Crippen LogP contribution < -0.4 is 9.47 Å². The SMILES string of the molecule is COc1cc(S(=O)(=O)c2ccccc2)c(C#N)cc1OCc1ccccc1. The summed E-state index contributed by atoms with van der Waals surface area (Å²) in [5, 5.41) is 9.49. The summed E-state index contributed by atoms with van der Waals surface area (Å²) in [4.78, 5) is 0.00150. The predicted molar refractivity (Wildman–Crippen MR) is 100 cm³/mol. The molecule has 0 aromatic heterocycles. The second-order valence-electron chi connectivity index (χ2n) is 5.70. The van der Waals surface area contributed by atoms with Gasteiger partial charge in [0.05, 0.1) is 22.5 Å². The van der Waals surface area contributed by atoms with E-state index in [-0.39, 0.29) is 27.7 Å². The largest absolute Gasteiger partial charge is 0.493 e. The summed E-state index contributed by atoms with van der Waals surface area (Å²) in [6.45, 7) is 0.271. The topological polar surface area (TPSA) is 76.4 Å². The molecule has 0 spiro atoms. The number of benzene rings is 3. The third-order valence-electron chi connectivity index (χ3n) is 3.97. The average molecular weight is 379 g/mol. The van der Waals surface area contributed by atoms with Crippen LogP contribution in [0.2, 0.25) is 0 Å². The van der Waals surface area contributed by atoms with Gasteiger partial charge >= 0.3 is 0 Å². The van der Waals surface area contributed by atoms with Crippen LogP contribution in [0, 0.1) is 11.3 Å². The molecule has 0 amide bonds. The molecular formula is C21H17NO4S. The summed E-state index contributed by atoms with van der Waals surface area (Å²) in [6, 6.07) is 22.2. The maximum Gasteiger partial charge on any atom is 0.208 e. The first-order valence-electron chi connectivity index (χ1n) is 8.15. The van der Waals surface area contributed by atoms with Gasteiger partial charge < -0.3 is 9.47 Å². The van der Waals surface area contributed by atoms with E-state index in [4.69, 9.17) is 9.47 Å². The number of methoxy groups -OCH3 is 1. The van der Waals surface area contributed by atoms with E-state index in [1.807, 2.05) is 36.4 Å². The van der Waals surface area contributed by atoms with Crippen molar-refractivity contribution in [3.8, 4) is 17.6 Å². The lowest BCUT2D eigenvalue weighted by atomic mass is 10.2. The van der Waals surface area contributed by atoms with E-state index in [2.05, 4.69) is 0 Å². The first kappa shape index (κ1) is 18.5. The Bertz CT molecular complexity index is 1070. The minimum atomic E-state index is -3.86. The van der Waals surface area contributed by atoms with Gasteiger partial charge in [0.15, 0.2) is 11.5 Å². The number of hydrogen-bond acceptors (Lipinski definition) is 5. The average Bonchev–Trinajstić information content (AvgIpc) is 2.72. The molecule has 0 saturated carbocycles. The summed E-state index contributed by atoms with van der Waals surface area (Å²) >= 11 is 0. The standard InChI is InChI=1S/C21H17NO4S/c1-25-19-13-21(27(23,24)18-10-6-3-7-11-18)17(14-22)12-20(19)26-15-16-8-4-2-5-9-16/h2-13H,15H2,1H3. The van der Waals surface area contributed by atoms with Crippen LogP contribution in [0.4, 0.5) is 0 Å². The fraction of sp³-hybridized carbons (Fsp3) is 0.0952. The van der Waals surface area contributed by atoms with E-state index >= 15 is 0 Å². The van der Waals surface area contributed by atoms with Crippen LogP contribution in [0.25, 0.3) is 0 Å². The zero-order valence-corrected chi connectivity index (χ0v) is 15.4. The Labute approximate surface area is 158 Å². The molecule has 0 bridgehead atoms. The van der Waals surface area contributed by atoms with Crippen molar-refractivity contribution >= 4 is 9.84 Å². The maximum atomic E-state index is 12.9. The number of sulfone groups is 1. The van der Waals surface area contributed by atoms with E-state index < -0.39 is 9.84 Å². The molecule has 0 aliphatic carbocycles. The molecule has 0 atom stereocenters. The Kier molecular flexibility index (Phi) is 5.43. The lowest BCUT2D eigenvalue weighted by molar-refractivity contribution is 0.284. The first-order valence-corrected chi connectivity index (χ1v) is 9.63. The summed E-state index contributed by atoms with van der Waals surface area (Å²) in [6.07, 6.45) is 0. The molecule has 5 nitrogen and oxygen atoms in total. The van der Waals surface area contributed by atoms with E-state index in [0.29, 0.717) is 5.75 Å². The van der Waals surface area contributed by atoms with Gasteiger partial charge in [-0.25, -0.2) is 8.42 Å². The van der Waals surface area contributed by atoms with Gasteiger partial charge in [-0.15, -0.1) is 0 Å². The van der Waals surface area contributed by atoms with Crippen molar-refractivity contribution in [1.82, 2.24) is 0 Å². The molecule has 6 heteroatoms. The van der Waals surface area contributed by atoms with Crippen molar-refractivity contribution in [3.63, 3.8) is 0 Å². The molecule has 27 heavy (non-hydrogen) atoms. The van der Waals surface area contributed by atoms with Crippen LogP contribution in [-0.2, 0) is 16.4 Å². The number of rotatable bonds is 6. The highest BCUT2D eigenvalue weighted by Gasteiger charge is 2.24. The quantitative estimate of drug-likeness (QED) is 0.647. The zero-order valence-electron chi connectivity index (χ0n) is 14.6. The van der Waals surface area contributed by atoms with Crippen LogP contribution in [0.5, 0.6) is 11.5 Å². The lowest BCUT2D eigenvalue weighted by Crippen LogP contribution is -2.06. The summed E-state index contributed by atoms with van der Waals surface area (Å²) in [5.74, 6) is 0.560. The predicted octanol–water partition coefficient (Wildman–Crippen LogP) is 3.98. The molecular weight excluding hydrogens is 362 g/mol. The number of hydrogen-bond donors (Lipinski definition) is 0. The Morgan fingerprint density at radius 3 is 2.15 bits per heavy atom. The van der Waals surface area contributed by atoms with Crippen LogP contribution in [0.3, 0.4) is 0 Å². The molecule has 3 aromatic carbocycles. The Morgan fingerprint density at radius 2 is 1.56 bits per heavy atom. The molecule has 0 fully saturated rings. The first-order chi connectivity index (χ1) is 13.1. The monoisotopic (exact) mass is 379 g/mol. The van der Waals surface area contributed by atoms with Gasteiger partial charge in [-0.1, -0.05) is 48.5 Å². The highest BCUT2D eigenvalue weighted by atomic mass is 32.2. The van der Waals surface area contributed by atoms with Crippen molar-refractivity contribution in [2.75, 3.05) is 7.11 Å². The Balaban J connectivity index is 2.01. The highest BCUT2D eigenvalue weighted by Crippen LogP contribution is 2.35. The minimum absolute atomic E-state index is 0.00251. The maximum absolute atomic E-state index is 12.9. The van der Waals surface area contributed by atoms with Gasteiger partial charge in [-0.05, 0) is 17.7 Å². The van der Waals surface area contributed by atoms with Crippen LogP contribution >= 0.6 is 0 Å². The van der Waals surface area contributed by atoms with Crippen molar-refractivity contribution < 1.29 is 17.9 Å². The zero-order chi connectivity index (χ0) is 19.3. The van der Waals surface area contributed by atoms with Gasteiger partial charge in [0.25, 0.3) is 0 Å². The lowest BCUT2D eigenvalue weighted by Gasteiger charge is -2.14. The van der Waals surface area contributed by atoms with E-state index in [1.54, 1.807) is 18.2 Å². The summed E-state index contributed by atoms with van der Waals surface area (Å²) in [5.41, 5.74) is 0.946. The summed E-state index contributed by atoms with van der Waals surface area (Å²) < 4.78 is 36.9. The Morgan fingerprint density at radius 1 is 0.926 bits per heavy atom. The van der Waals surface area contributed by atoms with Gasteiger partial charge in [0.2, 0.25) is 9.84 Å². The molecule has 0 aliphatic rings. The molecule has 0 heterocycles. The summed E-state index contributed by atoms with van der Waals surface area (Å²) in [7, 11) is -2.43. The minimum Gasteiger partial charge on any atom is -0.493 e. The Hall–Kier alpha value is -3.30. The third kappa shape index (κ3) is 3.94. The normalized spacial score (nSPS) is 10.8. The van der Waals surface area contributed by atoms with Crippen molar-refractivity contribution in [2.45, 2.75) is 16.4 Å². The van der Waals surface area contributed by atoms with Crippen LogP contribution in [0.1, 0.15) is 11.1 Å². The molecule has 0 N–H and O–H groups in total. The molecule has 0 radical (unpaired) electrons. The van der Waals surface area contributed by atoms with E-state index in [1.165, 1.54) is 31.4 Å². The number of nitrogens with zero attached hydrogens (tertiary/aromatic N) is 1. The van der Waals surface area contributed by atoms with Crippen LogP contribution in [0.15, 0.2) is 82.6 Å². The highest BCUT2D eigenvalue weighted by molar-refractivity contribution is 7.91. The fourth-order valence-electron chi connectivity index (χ4n) is 2.59. The van der Waals surface area contributed by atoms with Gasteiger partial charge in [0, 0.05) is 12.1 Å². The van der Waals surface area contributed by atoms with Gasteiger partial charge in [-0.2, -0.15) is 5.26 Å². The van der Waals surface area contributed by atoms with Crippen molar-refractivity contribution in [2.24, 2.45) is 0 Å². The van der Waals surface area contributed by atoms with E-state index in [0.717, 1.165) is 5.56 Å². The van der Waals surface area contributed by atoms with Crippen LogP contribution in [-0.4, -0.2) is 15.5 Å². The molecule has 3 aromatic rings. The third-order valence-corrected chi connectivity index (χ3v) is 5.78. The second-order valence-corrected chi connectivity index (χ2v) is 7.62. The van der Waals surface area contributed by atoms with Crippen molar-refractivity contribution in [3.05, 3.63) is 83.9 Å². The molecule has 0 aliphatic heterocycles.